The SMILES string of the molecule is CCNC(=O)NCCC(N)COC. The Balaban J connectivity index is 3.28. The van der Waals surface area contributed by atoms with Crippen molar-refractivity contribution in [2.24, 2.45) is 5.73 Å². The third-order valence-electron chi connectivity index (χ3n) is 1.52. The summed E-state index contributed by atoms with van der Waals surface area (Å²) in [5.74, 6) is 0. The van der Waals surface area contributed by atoms with Crippen LogP contribution in [0.3, 0.4) is 0 Å². The Morgan fingerprint density at radius 2 is 2.23 bits per heavy atom. The fraction of sp³-hybridized carbons (Fsp3) is 0.875. The van der Waals surface area contributed by atoms with Gasteiger partial charge in [0.05, 0.1) is 6.61 Å². The molecule has 0 aliphatic carbocycles. The molecule has 0 aromatic carbocycles. The molecular formula is C8H19N3O2. The number of carbonyl (C=O) groups excluding carboxylic acids is 1. The minimum Gasteiger partial charge on any atom is -0.383 e. The van der Waals surface area contributed by atoms with Crippen molar-refractivity contribution in [2.75, 3.05) is 26.8 Å². The number of nitrogens with one attached hydrogen (secondary N) is 2. The number of rotatable bonds is 6. The largest absolute Gasteiger partial charge is 0.383 e. The zero-order chi connectivity index (χ0) is 10.1. The van der Waals surface area contributed by atoms with Crippen LogP contribution in [0.5, 0.6) is 0 Å². The summed E-state index contributed by atoms with van der Waals surface area (Å²) in [5.41, 5.74) is 5.65. The number of ether oxygens (including phenoxy) is 1. The van der Waals surface area contributed by atoms with Crippen molar-refractivity contribution in [3.8, 4) is 0 Å². The van der Waals surface area contributed by atoms with Crippen molar-refractivity contribution in [1.29, 1.82) is 0 Å². The van der Waals surface area contributed by atoms with Crippen molar-refractivity contribution in [3.05, 3.63) is 0 Å². The second kappa shape index (κ2) is 7.82. The van der Waals surface area contributed by atoms with Gasteiger partial charge in [0.25, 0.3) is 0 Å². The quantitative estimate of drug-likeness (QED) is 0.535. The Hall–Kier alpha value is -0.810. The van der Waals surface area contributed by atoms with Gasteiger partial charge >= 0.3 is 6.03 Å². The van der Waals surface area contributed by atoms with E-state index in [4.69, 9.17) is 10.5 Å². The molecule has 0 radical (unpaired) electrons. The number of amides is 2. The lowest BCUT2D eigenvalue weighted by atomic mass is 10.2. The zero-order valence-electron chi connectivity index (χ0n) is 8.30. The summed E-state index contributed by atoms with van der Waals surface area (Å²) in [6.07, 6.45) is 0.727. The minimum absolute atomic E-state index is 0.00748. The van der Waals surface area contributed by atoms with Gasteiger partial charge in [-0.2, -0.15) is 0 Å². The van der Waals surface area contributed by atoms with Gasteiger partial charge in [0, 0.05) is 26.2 Å². The van der Waals surface area contributed by atoms with Crippen LogP contribution in [0.2, 0.25) is 0 Å². The summed E-state index contributed by atoms with van der Waals surface area (Å²) in [6.45, 7) is 3.61. The highest BCUT2D eigenvalue weighted by Crippen LogP contribution is 1.86. The third-order valence-corrected chi connectivity index (χ3v) is 1.52. The van der Waals surface area contributed by atoms with Crippen LogP contribution in [-0.4, -0.2) is 38.9 Å². The van der Waals surface area contributed by atoms with E-state index in [0.29, 0.717) is 19.7 Å². The van der Waals surface area contributed by atoms with Gasteiger partial charge in [-0.3, -0.25) is 0 Å². The molecule has 0 spiro atoms. The summed E-state index contributed by atoms with van der Waals surface area (Å²) >= 11 is 0. The maximum Gasteiger partial charge on any atom is 0.314 e. The van der Waals surface area contributed by atoms with Crippen LogP contribution in [0.15, 0.2) is 0 Å². The van der Waals surface area contributed by atoms with E-state index in [1.807, 2.05) is 6.92 Å². The van der Waals surface area contributed by atoms with Crippen molar-refractivity contribution < 1.29 is 9.53 Å². The van der Waals surface area contributed by atoms with E-state index in [2.05, 4.69) is 10.6 Å². The smallest absolute Gasteiger partial charge is 0.314 e. The number of methoxy groups -OCH3 is 1. The molecule has 5 nitrogen and oxygen atoms in total. The van der Waals surface area contributed by atoms with E-state index in [9.17, 15) is 4.79 Å². The molecule has 0 bridgehead atoms. The third kappa shape index (κ3) is 7.55. The lowest BCUT2D eigenvalue weighted by Crippen LogP contribution is -2.38. The Morgan fingerprint density at radius 1 is 1.54 bits per heavy atom. The summed E-state index contributed by atoms with van der Waals surface area (Å²) in [4.78, 5) is 10.9. The minimum atomic E-state index is -0.146. The van der Waals surface area contributed by atoms with Crippen molar-refractivity contribution in [2.45, 2.75) is 19.4 Å². The highest BCUT2D eigenvalue weighted by atomic mass is 16.5. The molecule has 1 unspecified atom stereocenters. The first-order chi connectivity index (χ1) is 6.20. The van der Waals surface area contributed by atoms with Gasteiger partial charge in [-0.25, -0.2) is 4.79 Å². The van der Waals surface area contributed by atoms with Crippen molar-refractivity contribution in [1.82, 2.24) is 10.6 Å². The molecule has 0 saturated carbocycles. The first-order valence-corrected chi connectivity index (χ1v) is 4.47. The monoisotopic (exact) mass is 189 g/mol. The van der Waals surface area contributed by atoms with Gasteiger partial charge in [-0.1, -0.05) is 0 Å². The van der Waals surface area contributed by atoms with Gasteiger partial charge in [0.2, 0.25) is 0 Å². The molecule has 0 saturated heterocycles. The molecule has 0 aromatic rings. The number of hydrogen-bond donors (Lipinski definition) is 3. The van der Waals surface area contributed by atoms with E-state index in [0.717, 1.165) is 6.42 Å². The normalized spacial score (nSPS) is 12.2. The standard InChI is InChI=1S/C8H19N3O2/c1-3-10-8(12)11-5-4-7(9)6-13-2/h7H,3-6,9H2,1-2H3,(H2,10,11,12). The Morgan fingerprint density at radius 3 is 2.77 bits per heavy atom. The predicted molar refractivity (Wildman–Crippen MR) is 51.5 cm³/mol. The van der Waals surface area contributed by atoms with Gasteiger partial charge in [-0.15, -0.1) is 0 Å². The maximum absolute atomic E-state index is 10.9. The molecule has 0 aliphatic heterocycles. The average Bonchev–Trinajstić information content (AvgIpc) is 2.05. The average molecular weight is 189 g/mol. The molecule has 0 aromatic heterocycles. The van der Waals surface area contributed by atoms with Gasteiger partial charge in [0.1, 0.15) is 0 Å². The van der Waals surface area contributed by atoms with E-state index >= 15 is 0 Å². The van der Waals surface area contributed by atoms with Crippen LogP contribution in [0.4, 0.5) is 4.79 Å². The summed E-state index contributed by atoms with van der Waals surface area (Å²) in [6, 6.07) is -0.154. The van der Waals surface area contributed by atoms with E-state index in [-0.39, 0.29) is 12.1 Å². The molecule has 0 fully saturated rings. The fourth-order valence-corrected chi connectivity index (χ4v) is 0.892. The molecule has 78 valence electrons. The molecule has 0 heterocycles. The Bertz CT molecular complexity index is 141. The van der Waals surface area contributed by atoms with Gasteiger partial charge in [-0.05, 0) is 13.3 Å². The van der Waals surface area contributed by atoms with Crippen LogP contribution in [0.25, 0.3) is 0 Å². The summed E-state index contributed by atoms with van der Waals surface area (Å²) < 4.78 is 4.86. The van der Waals surface area contributed by atoms with Gasteiger partial charge < -0.3 is 21.1 Å². The molecule has 13 heavy (non-hydrogen) atoms. The highest BCUT2D eigenvalue weighted by Gasteiger charge is 2.02. The molecule has 0 aliphatic rings. The lowest BCUT2D eigenvalue weighted by Gasteiger charge is -2.10. The van der Waals surface area contributed by atoms with E-state index < -0.39 is 0 Å². The molecule has 2 amide bonds. The predicted octanol–water partition coefficient (Wildman–Crippen LogP) is -0.331. The molecule has 4 N–H and O–H groups in total. The zero-order valence-corrected chi connectivity index (χ0v) is 8.30. The number of urea groups is 1. The Kier molecular flexibility index (Phi) is 7.33. The number of nitrogens with two attached hydrogens (primary N) is 1. The second-order valence-electron chi connectivity index (χ2n) is 2.79. The lowest BCUT2D eigenvalue weighted by molar-refractivity contribution is 0.176. The fourth-order valence-electron chi connectivity index (χ4n) is 0.892. The van der Waals surface area contributed by atoms with Crippen molar-refractivity contribution >= 4 is 6.03 Å². The van der Waals surface area contributed by atoms with Crippen LogP contribution < -0.4 is 16.4 Å². The molecule has 5 heteroatoms. The van der Waals surface area contributed by atoms with Crippen LogP contribution in [0.1, 0.15) is 13.3 Å². The molecule has 1 atom stereocenters. The highest BCUT2D eigenvalue weighted by molar-refractivity contribution is 5.73. The van der Waals surface area contributed by atoms with Crippen LogP contribution in [0, 0.1) is 0 Å². The number of carbonyl (C=O) groups is 1. The van der Waals surface area contributed by atoms with E-state index in [1.165, 1.54) is 0 Å². The van der Waals surface area contributed by atoms with Crippen LogP contribution in [-0.2, 0) is 4.74 Å². The van der Waals surface area contributed by atoms with Crippen molar-refractivity contribution in [3.63, 3.8) is 0 Å². The van der Waals surface area contributed by atoms with Crippen LogP contribution >= 0.6 is 0 Å². The molecular weight excluding hydrogens is 170 g/mol. The summed E-state index contributed by atoms with van der Waals surface area (Å²) in [5, 5.41) is 5.32. The maximum atomic E-state index is 10.9. The topological polar surface area (TPSA) is 76.4 Å². The first-order valence-electron chi connectivity index (χ1n) is 4.47. The second-order valence-corrected chi connectivity index (χ2v) is 2.79. The summed E-state index contributed by atoms with van der Waals surface area (Å²) in [7, 11) is 1.61. The van der Waals surface area contributed by atoms with Gasteiger partial charge in [0.15, 0.2) is 0 Å². The Labute approximate surface area is 79.0 Å². The first kappa shape index (κ1) is 12.2. The number of hydrogen-bond acceptors (Lipinski definition) is 3. The van der Waals surface area contributed by atoms with E-state index in [1.54, 1.807) is 7.11 Å². The molecule has 0 rings (SSSR count).